The van der Waals surface area contributed by atoms with Gasteiger partial charge in [0.1, 0.15) is 5.39 Å². The minimum atomic E-state index is -0.107. The highest BCUT2D eigenvalue weighted by atomic mass is 16.1. The van der Waals surface area contributed by atoms with Gasteiger partial charge in [0.05, 0.1) is 6.20 Å². The van der Waals surface area contributed by atoms with Gasteiger partial charge in [0, 0.05) is 32.2 Å². The van der Waals surface area contributed by atoms with Crippen LogP contribution in [-0.2, 0) is 7.05 Å². The van der Waals surface area contributed by atoms with Crippen LogP contribution < -0.4 is 15.8 Å². The van der Waals surface area contributed by atoms with Crippen molar-refractivity contribution in [3.63, 3.8) is 0 Å². The number of rotatable bonds is 1. The van der Waals surface area contributed by atoms with Crippen molar-refractivity contribution in [1.82, 2.24) is 25.1 Å². The summed E-state index contributed by atoms with van der Waals surface area (Å²) in [6, 6.07) is 0. The second-order valence-corrected chi connectivity index (χ2v) is 6.58. The van der Waals surface area contributed by atoms with Crippen molar-refractivity contribution in [3.8, 4) is 0 Å². The quantitative estimate of drug-likeness (QED) is 0.813. The van der Waals surface area contributed by atoms with Crippen molar-refractivity contribution in [2.45, 2.75) is 37.6 Å². The van der Waals surface area contributed by atoms with Crippen molar-refractivity contribution >= 4 is 17.0 Å². The van der Waals surface area contributed by atoms with Gasteiger partial charge in [-0.3, -0.25) is 14.5 Å². The monoisotopic (exact) mass is 302 g/mol. The Morgan fingerprint density at radius 1 is 1.27 bits per heavy atom. The highest BCUT2D eigenvalue weighted by Crippen LogP contribution is 2.31. The van der Waals surface area contributed by atoms with Gasteiger partial charge >= 0.3 is 0 Å². The van der Waals surface area contributed by atoms with Gasteiger partial charge in [-0.05, 0) is 12.8 Å². The first-order valence-corrected chi connectivity index (χ1v) is 8.09. The third-order valence-electron chi connectivity index (χ3n) is 5.07. The van der Waals surface area contributed by atoms with Crippen LogP contribution in [-0.4, -0.2) is 44.9 Å². The molecule has 1 aliphatic carbocycles. The third kappa shape index (κ3) is 2.20. The zero-order chi connectivity index (χ0) is 15.2. The Morgan fingerprint density at radius 2 is 2.09 bits per heavy atom. The molecule has 2 aliphatic rings. The van der Waals surface area contributed by atoms with E-state index in [9.17, 15) is 4.79 Å². The van der Waals surface area contributed by atoms with Crippen molar-refractivity contribution in [2.24, 2.45) is 7.05 Å². The average molecular weight is 302 g/mol. The minimum Gasteiger partial charge on any atom is -0.339 e. The van der Waals surface area contributed by atoms with Gasteiger partial charge in [0.25, 0.3) is 5.56 Å². The maximum atomic E-state index is 12.2. The van der Waals surface area contributed by atoms with Gasteiger partial charge in [0.15, 0.2) is 5.65 Å². The van der Waals surface area contributed by atoms with Crippen LogP contribution in [0, 0.1) is 0 Å². The number of aryl methyl sites for hydroxylation is 1. The zero-order valence-corrected chi connectivity index (χ0v) is 12.9. The molecule has 1 saturated heterocycles. The molecule has 2 aromatic heterocycles. The lowest BCUT2D eigenvalue weighted by Crippen LogP contribution is -2.61. The molecular formula is C15H22N6O. The normalized spacial score (nSPS) is 21.6. The second-order valence-electron chi connectivity index (χ2n) is 6.58. The van der Waals surface area contributed by atoms with E-state index < -0.39 is 0 Å². The number of hydrogen-bond donors (Lipinski definition) is 2. The van der Waals surface area contributed by atoms with Gasteiger partial charge in [-0.25, -0.2) is 0 Å². The molecule has 7 heteroatoms. The fourth-order valence-electron chi connectivity index (χ4n) is 3.87. The van der Waals surface area contributed by atoms with E-state index in [-0.39, 0.29) is 11.1 Å². The Labute approximate surface area is 128 Å². The Bertz CT molecular complexity index is 737. The number of aromatic nitrogens is 4. The molecule has 0 bridgehead atoms. The van der Waals surface area contributed by atoms with Gasteiger partial charge in [-0.15, -0.1) is 0 Å². The standard InChI is InChI=1S/C15H22N6O/c1-20-12-11(9-17-20)13(22)19-14(18-12)21-8-7-16-15(10-21)5-3-2-4-6-15/h9,16H,2-8,10H2,1H3,(H,18,19,22). The fraction of sp³-hybridized carbons (Fsp3) is 0.667. The van der Waals surface area contributed by atoms with Crippen LogP contribution >= 0.6 is 0 Å². The SMILES string of the molecule is Cn1ncc2c(=O)[nH]c(N3CCNC4(CCCCC4)C3)nc21. The van der Waals surface area contributed by atoms with Gasteiger partial charge < -0.3 is 10.2 Å². The summed E-state index contributed by atoms with van der Waals surface area (Å²) in [7, 11) is 1.82. The molecular weight excluding hydrogens is 280 g/mol. The maximum Gasteiger partial charge on any atom is 0.263 e. The average Bonchev–Trinajstić information content (AvgIpc) is 2.90. The molecule has 1 spiro atoms. The topological polar surface area (TPSA) is 78.8 Å². The number of fused-ring (bicyclic) bond motifs is 1. The van der Waals surface area contributed by atoms with Crippen LogP contribution in [0.1, 0.15) is 32.1 Å². The summed E-state index contributed by atoms with van der Waals surface area (Å²) < 4.78 is 1.66. The van der Waals surface area contributed by atoms with E-state index in [1.807, 2.05) is 7.05 Å². The molecule has 0 amide bonds. The third-order valence-corrected chi connectivity index (χ3v) is 5.07. The molecule has 7 nitrogen and oxygen atoms in total. The zero-order valence-electron chi connectivity index (χ0n) is 12.9. The molecule has 0 radical (unpaired) electrons. The highest BCUT2D eigenvalue weighted by molar-refractivity contribution is 5.74. The van der Waals surface area contributed by atoms with E-state index in [0.29, 0.717) is 17.0 Å². The Balaban J connectivity index is 1.69. The van der Waals surface area contributed by atoms with Gasteiger partial charge in [0.2, 0.25) is 5.95 Å². The summed E-state index contributed by atoms with van der Waals surface area (Å²) in [6.07, 6.45) is 7.89. The largest absolute Gasteiger partial charge is 0.339 e. The lowest BCUT2D eigenvalue weighted by atomic mass is 9.80. The summed E-state index contributed by atoms with van der Waals surface area (Å²) in [5.41, 5.74) is 0.732. The van der Waals surface area contributed by atoms with Crippen LogP contribution in [0.3, 0.4) is 0 Å². The number of hydrogen-bond acceptors (Lipinski definition) is 5. The Kier molecular flexibility index (Phi) is 3.18. The second kappa shape index (κ2) is 5.08. The summed E-state index contributed by atoms with van der Waals surface area (Å²) >= 11 is 0. The van der Waals surface area contributed by atoms with Gasteiger partial charge in [-0.2, -0.15) is 10.1 Å². The van der Waals surface area contributed by atoms with Crippen molar-refractivity contribution in [3.05, 3.63) is 16.6 Å². The van der Waals surface area contributed by atoms with Crippen LogP contribution in [0.5, 0.6) is 0 Å². The first-order chi connectivity index (χ1) is 10.7. The number of aromatic amines is 1. The number of piperazine rings is 1. The molecule has 2 N–H and O–H groups in total. The molecule has 3 heterocycles. The van der Waals surface area contributed by atoms with E-state index in [1.165, 1.54) is 32.1 Å². The van der Waals surface area contributed by atoms with Crippen LogP contribution in [0.25, 0.3) is 11.0 Å². The predicted octanol–water partition coefficient (Wildman–Crippen LogP) is 0.769. The first kappa shape index (κ1) is 13.8. The molecule has 118 valence electrons. The van der Waals surface area contributed by atoms with E-state index in [4.69, 9.17) is 0 Å². The first-order valence-electron chi connectivity index (χ1n) is 8.09. The molecule has 0 atom stereocenters. The van der Waals surface area contributed by atoms with Gasteiger partial charge in [-0.1, -0.05) is 19.3 Å². The molecule has 2 aromatic rings. The van der Waals surface area contributed by atoms with E-state index >= 15 is 0 Å². The fourth-order valence-corrected chi connectivity index (χ4v) is 3.87. The molecule has 1 aliphatic heterocycles. The summed E-state index contributed by atoms with van der Waals surface area (Å²) in [5.74, 6) is 0.674. The predicted molar refractivity (Wildman–Crippen MR) is 85.2 cm³/mol. The van der Waals surface area contributed by atoms with E-state index in [1.54, 1.807) is 10.9 Å². The highest BCUT2D eigenvalue weighted by Gasteiger charge is 2.36. The number of anilines is 1. The maximum absolute atomic E-state index is 12.2. The molecule has 1 saturated carbocycles. The summed E-state index contributed by atoms with van der Waals surface area (Å²) in [5, 5.41) is 8.39. The van der Waals surface area contributed by atoms with Crippen molar-refractivity contribution < 1.29 is 0 Å². The van der Waals surface area contributed by atoms with Crippen molar-refractivity contribution in [1.29, 1.82) is 0 Å². The van der Waals surface area contributed by atoms with Crippen LogP contribution in [0.15, 0.2) is 11.0 Å². The number of nitrogens with zero attached hydrogens (tertiary/aromatic N) is 4. The number of H-pyrrole nitrogens is 1. The van der Waals surface area contributed by atoms with Crippen LogP contribution in [0.2, 0.25) is 0 Å². The summed E-state index contributed by atoms with van der Waals surface area (Å²) in [6.45, 7) is 2.72. The lowest BCUT2D eigenvalue weighted by Gasteiger charge is -2.46. The van der Waals surface area contributed by atoms with E-state index in [2.05, 4.69) is 25.3 Å². The molecule has 22 heavy (non-hydrogen) atoms. The Morgan fingerprint density at radius 3 is 2.91 bits per heavy atom. The lowest BCUT2D eigenvalue weighted by molar-refractivity contribution is 0.215. The smallest absolute Gasteiger partial charge is 0.263 e. The summed E-state index contributed by atoms with van der Waals surface area (Å²) in [4.78, 5) is 22.0. The Hall–Kier alpha value is -1.89. The van der Waals surface area contributed by atoms with Crippen molar-refractivity contribution in [2.75, 3.05) is 24.5 Å². The molecule has 2 fully saturated rings. The van der Waals surface area contributed by atoms with Crippen LogP contribution in [0.4, 0.5) is 5.95 Å². The molecule has 0 unspecified atom stereocenters. The molecule has 4 rings (SSSR count). The number of nitrogens with one attached hydrogen (secondary N) is 2. The van der Waals surface area contributed by atoms with E-state index in [0.717, 1.165) is 19.6 Å². The molecule has 0 aromatic carbocycles. The minimum absolute atomic E-state index is 0.107.